The third-order valence-electron chi connectivity index (χ3n) is 6.80. The fourth-order valence-electron chi connectivity index (χ4n) is 4.19. The van der Waals surface area contributed by atoms with Gasteiger partial charge in [0.15, 0.2) is 0 Å². The fourth-order valence-corrected chi connectivity index (χ4v) is 4.19. The number of carboxylic acid groups (broad SMARTS) is 3. The highest BCUT2D eigenvalue weighted by molar-refractivity contribution is 5.98. The van der Waals surface area contributed by atoms with Gasteiger partial charge in [-0.15, -0.1) is 0 Å². The zero-order valence-corrected chi connectivity index (χ0v) is 29.0. The minimum atomic E-state index is -1.80. The maximum absolute atomic E-state index is 13.2. The highest BCUT2D eigenvalue weighted by atomic mass is 16.4. The number of amides is 8. The molecule has 0 spiro atoms. The molecule has 0 heterocycles. The van der Waals surface area contributed by atoms with Crippen molar-refractivity contribution >= 4 is 65.2 Å². The Kier molecular flexibility index (Phi) is 20.2. The van der Waals surface area contributed by atoms with E-state index in [9.17, 15) is 57.8 Å². The van der Waals surface area contributed by atoms with Crippen molar-refractivity contribution in [3.05, 3.63) is 0 Å². The summed E-state index contributed by atoms with van der Waals surface area (Å²) in [6, 6.07) is -9.12. The first-order valence-corrected chi connectivity index (χ1v) is 15.8. The average molecular weight is 746 g/mol. The van der Waals surface area contributed by atoms with Crippen molar-refractivity contribution in [2.45, 2.75) is 96.1 Å². The Bertz CT molecular complexity index is 1370. The van der Waals surface area contributed by atoms with Gasteiger partial charge in [0.25, 0.3) is 0 Å². The van der Waals surface area contributed by atoms with Crippen molar-refractivity contribution in [3.8, 4) is 0 Å². The molecule has 0 aliphatic carbocycles. The van der Waals surface area contributed by atoms with Gasteiger partial charge in [-0.05, 0) is 32.6 Å². The fraction of sp³-hybridized carbons (Fsp3) is 0.621. The number of nitrogens with two attached hydrogens (primary N) is 2. The van der Waals surface area contributed by atoms with E-state index in [1.807, 2.05) is 5.32 Å². The first-order valence-electron chi connectivity index (χ1n) is 15.8. The Morgan fingerprint density at radius 1 is 0.538 bits per heavy atom. The molecule has 0 rings (SSSR count). The van der Waals surface area contributed by atoms with E-state index in [4.69, 9.17) is 21.7 Å². The monoisotopic (exact) mass is 745 g/mol. The molecule has 52 heavy (non-hydrogen) atoms. The predicted octanol–water partition coefficient (Wildman–Crippen LogP) is -5.64. The number of carbonyl (C=O) groups excluding carboxylic acids is 8. The van der Waals surface area contributed by atoms with E-state index in [1.54, 1.807) is 13.8 Å². The molecule has 0 radical (unpaired) electrons. The van der Waals surface area contributed by atoms with Crippen LogP contribution < -0.4 is 48.7 Å². The van der Waals surface area contributed by atoms with E-state index < -0.39 is 127 Å². The number of aliphatic carboxylic acids is 3. The quantitative estimate of drug-likeness (QED) is 0.0438. The smallest absolute Gasteiger partial charge is 0.322 e. The van der Waals surface area contributed by atoms with Gasteiger partial charge in [0.05, 0.1) is 19.4 Å². The molecular weight excluding hydrogens is 698 g/mol. The highest BCUT2D eigenvalue weighted by Crippen LogP contribution is 2.08. The van der Waals surface area contributed by atoms with Gasteiger partial charge in [0, 0.05) is 6.42 Å². The Hall–Kier alpha value is -5.87. The van der Waals surface area contributed by atoms with E-state index in [0.717, 1.165) is 6.92 Å². The van der Waals surface area contributed by atoms with E-state index in [-0.39, 0.29) is 25.2 Å². The molecule has 23 nitrogen and oxygen atoms in total. The van der Waals surface area contributed by atoms with Crippen LogP contribution in [0.4, 0.5) is 0 Å². The normalized spacial score (nSPS) is 14.1. The molecule has 6 atom stereocenters. The zero-order chi connectivity index (χ0) is 40.3. The predicted molar refractivity (Wildman–Crippen MR) is 175 cm³/mol. The van der Waals surface area contributed by atoms with E-state index in [2.05, 4.69) is 31.9 Å². The molecule has 8 amide bonds. The summed E-state index contributed by atoms with van der Waals surface area (Å²) >= 11 is 0. The summed E-state index contributed by atoms with van der Waals surface area (Å²) in [7, 11) is 0. The number of primary amides is 1. The maximum atomic E-state index is 13.2. The Balaban J connectivity index is 5.81. The lowest BCUT2D eigenvalue weighted by Gasteiger charge is -2.26. The van der Waals surface area contributed by atoms with Gasteiger partial charge in [0.1, 0.15) is 42.8 Å². The van der Waals surface area contributed by atoms with E-state index >= 15 is 0 Å². The lowest BCUT2D eigenvalue weighted by Crippen LogP contribution is -2.59. The molecule has 23 heteroatoms. The maximum Gasteiger partial charge on any atom is 0.322 e. The van der Waals surface area contributed by atoms with Gasteiger partial charge in [-0.1, -0.05) is 13.8 Å². The zero-order valence-electron chi connectivity index (χ0n) is 29.0. The number of nitrogens with one attached hydrogen (secondary N) is 7. The molecule has 0 fully saturated rings. The number of carbonyl (C=O) groups is 11. The molecule has 0 aliphatic heterocycles. The topological polar surface area (TPSA) is 385 Å². The summed E-state index contributed by atoms with van der Waals surface area (Å²) < 4.78 is 0. The number of hydrogen-bond acceptors (Lipinski definition) is 12. The third-order valence-corrected chi connectivity index (χ3v) is 6.80. The molecule has 0 aromatic carbocycles. The second kappa shape index (κ2) is 22.8. The van der Waals surface area contributed by atoms with Crippen LogP contribution in [0.2, 0.25) is 0 Å². The lowest BCUT2D eigenvalue weighted by atomic mass is 10.0. The van der Waals surface area contributed by atoms with Crippen molar-refractivity contribution < 1.29 is 68.1 Å². The SMILES string of the molecule is CC(C)C[C@H](NC(=O)[C@H](CC(=O)O)NC(=O)[C@H](C)NC(=O)[C@H](CCC(N)=O)NC(=O)CN)C(=O)N[C@@H](C)C(=O)N[C@@H](CC(=O)O)C(=O)NCC(=O)O. The molecular formula is C29H47N9O14. The standard InChI is InChI=1S/C29H47N9O14/c1-12(2)7-16(28(51)34-14(4)24(47)36-17(8-21(41)42)26(49)32-11-23(45)46)38-29(52)18(9-22(43)44)37-25(48)13(3)33-27(50)15(5-6-19(31)39)35-20(40)10-30/h12-18H,5-11,30H2,1-4H3,(H2,31,39)(H,32,49)(H,33,50)(H,34,51)(H,35,40)(H,36,47)(H,37,48)(H,38,52)(H,41,42)(H,43,44)(H,45,46)/t13-,14-,15-,16-,17-,18-/m0/s1. The minimum Gasteiger partial charge on any atom is -0.481 e. The summed E-state index contributed by atoms with van der Waals surface area (Å²) in [5, 5.41) is 42.6. The molecule has 0 aromatic heterocycles. The van der Waals surface area contributed by atoms with Crippen molar-refractivity contribution in [3.63, 3.8) is 0 Å². The van der Waals surface area contributed by atoms with Crippen LogP contribution in [-0.4, -0.2) is 130 Å². The first-order chi connectivity index (χ1) is 24.1. The van der Waals surface area contributed by atoms with Crippen LogP contribution in [0.3, 0.4) is 0 Å². The van der Waals surface area contributed by atoms with Crippen molar-refractivity contribution in [1.82, 2.24) is 37.2 Å². The molecule has 292 valence electrons. The molecule has 0 saturated heterocycles. The Morgan fingerprint density at radius 3 is 1.37 bits per heavy atom. The van der Waals surface area contributed by atoms with Crippen LogP contribution in [0.5, 0.6) is 0 Å². The largest absolute Gasteiger partial charge is 0.481 e. The number of hydrogen-bond donors (Lipinski definition) is 12. The number of carboxylic acids is 3. The van der Waals surface area contributed by atoms with Gasteiger partial charge in [-0.2, -0.15) is 0 Å². The Morgan fingerprint density at radius 2 is 0.962 bits per heavy atom. The van der Waals surface area contributed by atoms with E-state index in [0.29, 0.717) is 0 Å². The van der Waals surface area contributed by atoms with Gasteiger partial charge in [-0.3, -0.25) is 52.7 Å². The average Bonchev–Trinajstić information content (AvgIpc) is 3.03. The summed E-state index contributed by atoms with van der Waals surface area (Å²) in [5.41, 5.74) is 10.4. The van der Waals surface area contributed by atoms with Gasteiger partial charge in [0.2, 0.25) is 47.3 Å². The summed E-state index contributed by atoms with van der Waals surface area (Å²) in [6.45, 7) is 4.32. The Labute approximate surface area is 297 Å². The van der Waals surface area contributed by atoms with Crippen LogP contribution in [0.1, 0.15) is 59.8 Å². The summed E-state index contributed by atoms with van der Waals surface area (Å²) in [4.78, 5) is 134. The molecule has 0 aliphatic rings. The van der Waals surface area contributed by atoms with Crippen molar-refractivity contribution in [1.29, 1.82) is 0 Å². The van der Waals surface area contributed by atoms with Crippen LogP contribution in [0.15, 0.2) is 0 Å². The highest BCUT2D eigenvalue weighted by Gasteiger charge is 2.33. The number of rotatable bonds is 24. The molecule has 14 N–H and O–H groups in total. The van der Waals surface area contributed by atoms with Crippen LogP contribution in [-0.2, 0) is 52.7 Å². The second-order valence-electron chi connectivity index (χ2n) is 11.9. The van der Waals surface area contributed by atoms with Crippen molar-refractivity contribution in [2.24, 2.45) is 17.4 Å². The molecule has 0 bridgehead atoms. The van der Waals surface area contributed by atoms with Gasteiger partial charge in [-0.25, -0.2) is 0 Å². The van der Waals surface area contributed by atoms with Crippen molar-refractivity contribution in [2.75, 3.05) is 13.1 Å². The minimum absolute atomic E-state index is 0.0629. The summed E-state index contributed by atoms with van der Waals surface area (Å²) in [6.07, 6.45) is -2.52. The van der Waals surface area contributed by atoms with Crippen LogP contribution >= 0.6 is 0 Å². The van der Waals surface area contributed by atoms with Crippen LogP contribution in [0.25, 0.3) is 0 Å². The second-order valence-corrected chi connectivity index (χ2v) is 11.9. The van der Waals surface area contributed by atoms with Gasteiger partial charge >= 0.3 is 17.9 Å². The summed E-state index contributed by atoms with van der Waals surface area (Å²) in [5.74, 6) is -12.5. The van der Waals surface area contributed by atoms with Gasteiger partial charge < -0.3 is 64.0 Å². The molecule has 0 aromatic rings. The van der Waals surface area contributed by atoms with Crippen LogP contribution in [0, 0.1) is 5.92 Å². The molecule has 0 unspecified atom stereocenters. The molecule has 0 saturated carbocycles. The third kappa shape index (κ3) is 18.8. The first kappa shape index (κ1) is 46.1. The van der Waals surface area contributed by atoms with E-state index in [1.165, 1.54) is 6.92 Å². The lowest BCUT2D eigenvalue weighted by molar-refractivity contribution is -0.142.